The van der Waals surface area contributed by atoms with Gasteiger partial charge in [-0.1, -0.05) is 68.3 Å². The van der Waals surface area contributed by atoms with Crippen molar-refractivity contribution < 1.29 is 17.6 Å². The van der Waals surface area contributed by atoms with E-state index in [4.69, 9.17) is 0 Å². The lowest BCUT2D eigenvalue weighted by Gasteiger charge is -2.27. The Kier molecular flexibility index (Phi) is 5.68. The summed E-state index contributed by atoms with van der Waals surface area (Å²) in [6.45, 7) is 3.69. The molecule has 0 unspecified atom stereocenters. The molecule has 1 saturated carbocycles. The molecule has 0 N–H and O–H groups in total. The molecule has 4 rings (SSSR count). The van der Waals surface area contributed by atoms with E-state index in [0.717, 1.165) is 25.7 Å². The second-order valence-electron chi connectivity index (χ2n) is 8.42. The molecule has 1 fully saturated rings. The van der Waals surface area contributed by atoms with Gasteiger partial charge in [-0.15, -0.1) is 0 Å². The number of benzene rings is 3. The highest BCUT2D eigenvalue weighted by molar-refractivity contribution is 5.71. The first-order valence-corrected chi connectivity index (χ1v) is 10.4. The van der Waals surface area contributed by atoms with Crippen LogP contribution in [-0.4, -0.2) is 0 Å². The quantitative estimate of drug-likeness (QED) is 0.381. The van der Waals surface area contributed by atoms with Crippen LogP contribution in [-0.2, 0) is 0 Å². The molecule has 0 bridgehead atoms. The van der Waals surface area contributed by atoms with Crippen LogP contribution in [0.15, 0.2) is 48.5 Å². The molecular formula is C26H24F4. The number of halogens is 4. The molecular weight excluding hydrogens is 388 g/mol. The third-order valence-corrected chi connectivity index (χ3v) is 6.35. The lowest BCUT2D eigenvalue weighted by molar-refractivity contribution is 0.339. The predicted molar refractivity (Wildman–Crippen MR) is 112 cm³/mol. The minimum atomic E-state index is -0.911. The van der Waals surface area contributed by atoms with Gasteiger partial charge in [-0.2, -0.15) is 0 Å². The first-order valence-electron chi connectivity index (χ1n) is 10.4. The van der Waals surface area contributed by atoms with Crippen LogP contribution < -0.4 is 0 Å². The summed E-state index contributed by atoms with van der Waals surface area (Å²) in [5.74, 6) is -2.72. The smallest absolute Gasteiger partial charge is 0.166 e. The highest BCUT2D eigenvalue weighted by Crippen LogP contribution is 2.39. The Balaban J connectivity index is 1.63. The molecule has 0 radical (unpaired) electrons. The van der Waals surface area contributed by atoms with Crippen molar-refractivity contribution in [2.24, 2.45) is 5.92 Å². The van der Waals surface area contributed by atoms with E-state index in [2.05, 4.69) is 6.92 Å². The summed E-state index contributed by atoms with van der Waals surface area (Å²) >= 11 is 0. The van der Waals surface area contributed by atoms with Crippen LogP contribution in [0.3, 0.4) is 0 Å². The van der Waals surface area contributed by atoms with Gasteiger partial charge in [0.2, 0.25) is 0 Å². The van der Waals surface area contributed by atoms with Gasteiger partial charge in [0.25, 0.3) is 0 Å². The van der Waals surface area contributed by atoms with E-state index < -0.39 is 23.3 Å². The van der Waals surface area contributed by atoms with Gasteiger partial charge in [0.05, 0.1) is 0 Å². The third kappa shape index (κ3) is 3.76. The molecule has 0 aliphatic heterocycles. The lowest BCUT2D eigenvalue weighted by Crippen LogP contribution is -2.13. The summed E-state index contributed by atoms with van der Waals surface area (Å²) in [6, 6.07) is 12.7. The summed E-state index contributed by atoms with van der Waals surface area (Å²) in [7, 11) is 0. The van der Waals surface area contributed by atoms with E-state index in [1.807, 2.05) is 0 Å². The van der Waals surface area contributed by atoms with Gasteiger partial charge in [-0.25, -0.2) is 17.6 Å². The van der Waals surface area contributed by atoms with Crippen molar-refractivity contribution in [2.45, 2.75) is 45.4 Å². The van der Waals surface area contributed by atoms with Crippen LogP contribution in [0.2, 0.25) is 0 Å². The highest BCUT2D eigenvalue weighted by atomic mass is 19.2. The largest absolute Gasteiger partial charge is 0.203 e. The van der Waals surface area contributed by atoms with Crippen molar-refractivity contribution in [2.75, 3.05) is 0 Å². The first kappa shape index (κ1) is 20.6. The Hall–Kier alpha value is -2.62. The van der Waals surface area contributed by atoms with Crippen LogP contribution in [0.1, 0.15) is 49.7 Å². The van der Waals surface area contributed by atoms with Crippen LogP contribution in [0, 0.1) is 36.1 Å². The first-order chi connectivity index (χ1) is 14.4. The van der Waals surface area contributed by atoms with Gasteiger partial charge in [0.1, 0.15) is 0 Å². The Morgan fingerprint density at radius 2 is 1.10 bits per heavy atom. The van der Waals surface area contributed by atoms with Crippen LogP contribution in [0.5, 0.6) is 0 Å². The van der Waals surface area contributed by atoms with E-state index in [9.17, 15) is 17.6 Å². The summed E-state index contributed by atoms with van der Waals surface area (Å²) in [5.41, 5.74) is 1.96. The summed E-state index contributed by atoms with van der Waals surface area (Å²) in [4.78, 5) is 0. The van der Waals surface area contributed by atoms with Gasteiger partial charge in [0.15, 0.2) is 23.3 Å². The van der Waals surface area contributed by atoms with Crippen molar-refractivity contribution in [1.29, 1.82) is 0 Å². The van der Waals surface area contributed by atoms with E-state index in [1.54, 1.807) is 36.4 Å². The topological polar surface area (TPSA) is 0 Å². The van der Waals surface area contributed by atoms with Gasteiger partial charge >= 0.3 is 0 Å². The standard InChI is InChI=1S/C26H24F4/c1-15-3-6-17(7-4-15)21-13-14-22(26(30)25(21)29)19-10-8-18(9-11-19)20-12-5-16(2)23(27)24(20)28/h5,8-15,17H,3-4,6-7H2,1-2H3. The summed E-state index contributed by atoms with van der Waals surface area (Å²) < 4.78 is 57.8. The third-order valence-electron chi connectivity index (χ3n) is 6.35. The fraction of sp³-hybridized carbons (Fsp3) is 0.308. The summed E-state index contributed by atoms with van der Waals surface area (Å²) in [6.07, 6.45) is 3.82. The van der Waals surface area contributed by atoms with Gasteiger partial charge in [-0.3, -0.25) is 0 Å². The monoisotopic (exact) mass is 412 g/mol. The van der Waals surface area contributed by atoms with Crippen molar-refractivity contribution in [3.8, 4) is 22.3 Å². The number of hydrogen-bond donors (Lipinski definition) is 0. The molecule has 0 heterocycles. The molecule has 1 aliphatic rings. The Morgan fingerprint density at radius 3 is 1.67 bits per heavy atom. The average molecular weight is 412 g/mol. The second-order valence-corrected chi connectivity index (χ2v) is 8.42. The fourth-order valence-corrected chi connectivity index (χ4v) is 4.37. The molecule has 0 spiro atoms. The molecule has 4 heteroatoms. The lowest BCUT2D eigenvalue weighted by atomic mass is 9.79. The Bertz CT molecular complexity index is 1060. The van der Waals surface area contributed by atoms with E-state index in [0.29, 0.717) is 22.6 Å². The minimum absolute atomic E-state index is 0.0616. The van der Waals surface area contributed by atoms with Crippen molar-refractivity contribution in [1.82, 2.24) is 0 Å². The van der Waals surface area contributed by atoms with E-state index >= 15 is 0 Å². The van der Waals surface area contributed by atoms with Gasteiger partial charge < -0.3 is 0 Å². The molecule has 30 heavy (non-hydrogen) atoms. The SMILES string of the molecule is Cc1ccc(-c2ccc(-c3ccc(C4CCC(C)CC4)c(F)c3F)cc2)c(F)c1F. The summed E-state index contributed by atoms with van der Waals surface area (Å²) in [5, 5.41) is 0. The van der Waals surface area contributed by atoms with Crippen LogP contribution in [0.25, 0.3) is 22.3 Å². The molecule has 0 amide bonds. The number of hydrogen-bond acceptors (Lipinski definition) is 0. The minimum Gasteiger partial charge on any atom is -0.203 e. The van der Waals surface area contributed by atoms with Crippen molar-refractivity contribution in [3.63, 3.8) is 0 Å². The molecule has 3 aromatic rings. The zero-order valence-electron chi connectivity index (χ0n) is 17.1. The molecule has 0 aromatic heterocycles. The Morgan fingerprint density at radius 1 is 0.600 bits per heavy atom. The van der Waals surface area contributed by atoms with E-state index in [-0.39, 0.29) is 22.6 Å². The normalized spacial score (nSPS) is 19.1. The average Bonchev–Trinajstić information content (AvgIpc) is 2.75. The molecule has 3 aromatic carbocycles. The van der Waals surface area contributed by atoms with Crippen LogP contribution in [0.4, 0.5) is 17.6 Å². The Labute approximate surface area is 174 Å². The molecule has 0 atom stereocenters. The molecule has 0 saturated heterocycles. The second kappa shape index (κ2) is 8.25. The van der Waals surface area contributed by atoms with E-state index in [1.165, 1.54) is 19.1 Å². The molecule has 156 valence electrons. The van der Waals surface area contributed by atoms with Gasteiger partial charge in [0, 0.05) is 11.1 Å². The van der Waals surface area contributed by atoms with Crippen LogP contribution >= 0.6 is 0 Å². The maximum absolute atomic E-state index is 14.9. The van der Waals surface area contributed by atoms with Gasteiger partial charge in [-0.05, 0) is 53.9 Å². The van der Waals surface area contributed by atoms with Crippen molar-refractivity contribution >= 4 is 0 Å². The number of aryl methyl sites for hydroxylation is 1. The maximum Gasteiger partial charge on any atom is 0.166 e. The zero-order valence-corrected chi connectivity index (χ0v) is 17.1. The number of rotatable bonds is 3. The zero-order chi connectivity index (χ0) is 21.4. The molecule has 1 aliphatic carbocycles. The predicted octanol–water partition coefficient (Wildman–Crippen LogP) is 8.18. The maximum atomic E-state index is 14.9. The fourth-order valence-electron chi connectivity index (χ4n) is 4.37. The molecule has 0 nitrogen and oxygen atoms in total. The van der Waals surface area contributed by atoms with Crippen molar-refractivity contribution in [3.05, 3.63) is 82.9 Å². The highest BCUT2D eigenvalue weighted by Gasteiger charge is 2.25.